The van der Waals surface area contributed by atoms with Gasteiger partial charge in [0, 0.05) is 49.6 Å². The Morgan fingerprint density at radius 3 is 1.51 bits per heavy atom. The molecule has 2 aromatic heterocycles. The minimum atomic E-state index is -1.40. The summed E-state index contributed by atoms with van der Waals surface area (Å²) in [5.41, 5.74) is 11.2. The molecule has 0 fully saturated rings. The Kier molecular flexibility index (Phi) is 26.6. The summed E-state index contributed by atoms with van der Waals surface area (Å²) in [6.07, 6.45) is 7.04. The fraction of sp³-hybridized carbons (Fsp3) is 0.270. The molecule has 0 radical (unpaired) electrons. The second-order valence-electron chi connectivity index (χ2n) is 17.8. The molecule has 2 heterocycles. The van der Waals surface area contributed by atoms with Gasteiger partial charge in [-0.3, -0.25) is 0 Å². The number of rotatable bonds is 7. The first-order chi connectivity index (χ1) is 35.2. The Morgan fingerprint density at radius 2 is 1.00 bits per heavy atom. The van der Waals surface area contributed by atoms with Crippen molar-refractivity contribution >= 4 is 49.5 Å². The summed E-state index contributed by atoms with van der Waals surface area (Å²) in [7, 11) is 0. The lowest BCUT2D eigenvalue weighted by Crippen LogP contribution is -2.14. The third-order valence-corrected chi connectivity index (χ3v) is 14.2. The molecule has 0 aliphatic heterocycles. The topological polar surface area (TPSA) is 31.6 Å². The fourth-order valence-electron chi connectivity index (χ4n) is 7.00. The quantitative estimate of drug-likeness (QED) is 0.0930. The monoisotopic (exact) mass is 1100 g/mol. The van der Waals surface area contributed by atoms with Gasteiger partial charge >= 0.3 is 0 Å². The number of thioether (sulfide) groups is 1. The molecule has 0 spiro atoms. The van der Waals surface area contributed by atoms with Crippen LogP contribution in [0.15, 0.2) is 161 Å². The van der Waals surface area contributed by atoms with Crippen molar-refractivity contribution in [3.63, 3.8) is 0 Å². The summed E-state index contributed by atoms with van der Waals surface area (Å²) in [5, 5.41) is 1.96. The van der Waals surface area contributed by atoms with E-state index >= 15 is 0 Å². The number of H-pyrrole nitrogens is 2. The zero-order valence-electron chi connectivity index (χ0n) is 44.4. The van der Waals surface area contributed by atoms with Crippen molar-refractivity contribution in [2.24, 2.45) is 0 Å². The number of hydrogen-bond acceptors (Lipinski definition) is 1. The molecule has 74 heavy (non-hydrogen) atoms. The van der Waals surface area contributed by atoms with Crippen LogP contribution in [0.5, 0.6) is 0 Å². The van der Waals surface area contributed by atoms with Gasteiger partial charge in [-0.2, -0.15) is 0 Å². The Hall–Kier alpha value is -6.04. The van der Waals surface area contributed by atoms with Crippen LogP contribution in [0, 0.1) is 68.4 Å². The van der Waals surface area contributed by atoms with Crippen molar-refractivity contribution in [1.82, 2.24) is 9.97 Å². The van der Waals surface area contributed by atoms with E-state index in [0.29, 0.717) is 29.4 Å². The number of halogens is 8. The maximum Gasteiger partial charge on any atom is 0.194 e. The molecule has 0 unspecified atom stereocenters. The van der Waals surface area contributed by atoms with Gasteiger partial charge in [-0.15, -0.1) is 11.8 Å². The molecule has 394 valence electrons. The van der Waals surface area contributed by atoms with Crippen molar-refractivity contribution < 1.29 is 30.7 Å². The molecule has 2 N–H and O–H groups in total. The number of benzene rings is 7. The molecule has 7 aromatic carbocycles. The Balaban J connectivity index is 0.000000228. The SMILES string of the molecule is CCC(C)(C)c1ccccc1.CCSc1ccccc1Br.CCc1c[nH]c2ccc(F)cc12.CCc1cc(F)c(F)c(F)c1.CCc1ccc(F)cc1F.Cc1c[nH]c2ccc(F)cc12.Cc1cccc(C)c1C. The van der Waals surface area contributed by atoms with Crippen LogP contribution in [0.25, 0.3) is 21.8 Å². The van der Waals surface area contributed by atoms with E-state index in [-0.39, 0.29) is 11.6 Å². The number of aryl methyl sites for hydroxylation is 6. The van der Waals surface area contributed by atoms with Crippen LogP contribution in [-0.4, -0.2) is 15.7 Å². The highest BCUT2D eigenvalue weighted by Gasteiger charge is 2.16. The zero-order valence-corrected chi connectivity index (χ0v) is 46.8. The summed E-state index contributed by atoms with van der Waals surface area (Å²) in [4.78, 5) is 7.47. The molecule has 0 bridgehead atoms. The van der Waals surface area contributed by atoms with Gasteiger partial charge in [0.15, 0.2) is 17.5 Å². The molecule has 11 heteroatoms. The van der Waals surface area contributed by atoms with Crippen LogP contribution < -0.4 is 0 Å². The average Bonchev–Trinajstić information content (AvgIpc) is 3.98. The van der Waals surface area contributed by atoms with E-state index in [1.165, 1.54) is 67.9 Å². The van der Waals surface area contributed by atoms with Crippen LogP contribution in [0.1, 0.15) is 99.4 Å². The lowest BCUT2D eigenvalue weighted by Gasteiger charge is -2.22. The minimum Gasteiger partial charge on any atom is -0.361 e. The predicted octanol–water partition coefficient (Wildman–Crippen LogP) is 20.2. The van der Waals surface area contributed by atoms with E-state index in [4.69, 9.17) is 0 Å². The molecular weight excluding hydrogens is 1030 g/mol. The molecule has 0 saturated heterocycles. The Bertz CT molecular complexity index is 3050. The molecule has 2 nitrogen and oxygen atoms in total. The summed E-state index contributed by atoms with van der Waals surface area (Å²) in [6, 6.07) is 40.5. The van der Waals surface area contributed by atoms with Crippen molar-refractivity contribution in [1.29, 1.82) is 0 Å². The molecule has 9 rings (SSSR count). The molecule has 0 saturated carbocycles. The van der Waals surface area contributed by atoms with Crippen molar-refractivity contribution in [3.05, 3.63) is 242 Å². The molecule has 0 aliphatic rings. The van der Waals surface area contributed by atoms with Gasteiger partial charge in [-0.25, -0.2) is 30.7 Å². The fourth-order valence-corrected chi connectivity index (χ4v) is 8.32. The first-order valence-corrected chi connectivity index (χ1v) is 26.5. The summed E-state index contributed by atoms with van der Waals surface area (Å²) in [6.45, 7) is 23.0. The number of hydrogen-bond donors (Lipinski definition) is 2. The van der Waals surface area contributed by atoms with Crippen molar-refractivity contribution in [2.75, 3.05) is 5.75 Å². The zero-order chi connectivity index (χ0) is 55.0. The summed E-state index contributed by atoms with van der Waals surface area (Å²) < 4.78 is 88.7. The highest BCUT2D eigenvalue weighted by atomic mass is 79.9. The highest BCUT2D eigenvalue weighted by Crippen LogP contribution is 2.27. The maximum atomic E-state index is 12.8. The third-order valence-electron chi connectivity index (χ3n) is 12.3. The minimum absolute atomic E-state index is 0.170. The lowest BCUT2D eigenvalue weighted by molar-refractivity contribution is 0.445. The number of fused-ring (bicyclic) bond motifs is 2. The van der Waals surface area contributed by atoms with Crippen LogP contribution in [0.3, 0.4) is 0 Å². The molecule has 0 amide bonds. The normalized spacial score (nSPS) is 10.4. The van der Waals surface area contributed by atoms with Gasteiger partial charge in [-0.1, -0.05) is 115 Å². The summed E-state index contributed by atoms with van der Waals surface area (Å²) >= 11 is 5.33. The molecule has 9 aromatic rings. The maximum absolute atomic E-state index is 12.8. The van der Waals surface area contributed by atoms with E-state index in [1.54, 1.807) is 31.2 Å². The Labute approximate surface area is 447 Å². The van der Waals surface area contributed by atoms with E-state index in [0.717, 1.165) is 57.7 Å². The standard InChI is InChI=1S/C11H16.C10H10FN.C9H8FN.C9H12.C8H9BrS.C8H7F3.C8H8F2/c1-4-11(2,3)10-8-6-5-7-9-10;1-2-7-6-12-10-4-3-8(11)5-9(7)10;1-6-5-11-9-3-2-7(10)4-8(6)9;1-7-5-4-6-8(2)9(7)3;1-2-10-8-6-4-3-5-7(8)9;1-2-5-3-6(9)8(11)7(10)4-5;1-2-6-3-4-7(9)5-8(6)10/h5-9H,4H2,1-3H3;3-6,12H,2H2,1H3;2-5,11H,1H3;4-6H,1-3H3;3-6H,2H2,1H3;3-4H,2H2,1H3;3-5H,2H2,1H3. The van der Waals surface area contributed by atoms with Crippen LogP contribution in [-0.2, 0) is 24.7 Å². The lowest BCUT2D eigenvalue weighted by atomic mass is 9.82. The third kappa shape index (κ3) is 20.0. The molecule has 0 atom stereocenters. The largest absolute Gasteiger partial charge is 0.361 e. The van der Waals surface area contributed by atoms with Crippen LogP contribution >= 0.6 is 27.7 Å². The second kappa shape index (κ2) is 31.6. The van der Waals surface area contributed by atoms with E-state index in [2.05, 4.69) is 148 Å². The highest BCUT2D eigenvalue weighted by molar-refractivity contribution is 9.10. The van der Waals surface area contributed by atoms with E-state index in [9.17, 15) is 30.7 Å². The van der Waals surface area contributed by atoms with E-state index in [1.807, 2.05) is 44.1 Å². The number of aromatic amines is 2. The number of aromatic nitrogens is 2. The molecular formula is C63H70BrF7N2S. The smallest absolute Gasteiger partial charge is 0.194 e. The van der Waals surface area contributed by atoms with Gasteiger partial charge < -0.3 is 9.97 Å². The van der Waals surface area contributed by atoms with Gasteiger partial charge in [0.25, 0.3) is 0 Å². The molecule has 0 aliphatic carbocycles. The Morgan fingerprint density at radius 1 is 0.486 bits per heavy atom. The van der Waals surface area contributed by atoms with Gasteiger partial charge in [-0.05, 0) is 192 Å². The van der Waals surface area contributed by atoms with Gasteiger partial charge in [0.1, 0.15) is 23.3 Å². The summed E-state index contributed by atoms with van der Waals surface area (Å²) in [5.74, 6) is -3.84. The first kappa shape index (κ1) is 62.3. The van der Waals surface area contributed by atoms with E-state index < -0.39 is 29.1 Å². The predicted molar refractivity (Wildman–Crippen MR) is 303 cm³/mol. The second-order valence-corrected chi connectivity index (χ2v) is 20.0. The van der Waals surface area contributed by atoms with Gasteiger partial charge in [0.05, 0.1) is 0 Å². The van der Waals surface area contributed by atoms with Crippen LogP contribution in [0.4, 0.5) is 30.7 Å². The van der Waals surface area contributed by atoms with Gasteiger partial charge in [0.2, 0.25) is 0 Å². The first-order valence-electron chi connectivity index (χ1n) is 24.7. The van der Waals surface area contributed by atoms with Crippen molar-refractivity contribution in [2.45, 2.75) is 112 Å². The van der Waals surface area contributed by atoms with Crippen LogP contribution in [0.2, 0.25) is 0 Å². The van der Waals surface area contributed by atoms with Crippen molar-refractivity contribution in [3.8, 4) is 0 Å². The average molecular weight is 1100 g/mol. The number of nitrogens with one attached hydrogen (secondary N) is 2.